The number of para-hydroxylation sites is 1. The second-order valence-corrected chi connectivity index (χ2v) is 4.37. The van der Waals surface area contributed by atoms with Crippen molar-refractivity contribution >= 4 is 17.1 Å². The van der Waals surface area contributed by atoms with Gasteiger partial charge < -0.3 is 4.90 Å². The highest BCUT2D eigenvalue weighted by atomic mass is 15.1. The number of rotatable bonds is 3. The molecule has 0 aliphatic heterocycles. The van der Waals surface area contributed by atoms with Gasteiger partial charge in [0.05, 0.1) is 11.4 Å². The van der Waals surface area contributed by atoms with Crippen LogP contribution >= 0.6 is 0 Å². The minimum atomic E-state index is 0.880. The molecule has 0 atom stereocenters. The molecule has 0 aromatic heterocycles. The largest absolute Gasteiger partial charge is 0.376 e. The molecule has 92 valence electrons. The van der Waals surface area contributed by atoms with Crippen molar-refractivity contribution in [3.63, 3.8) is 0 Å². The molecule has 0 aliphatic carbocycles. The molecule has 0 amide bonds. The van der Waals surface area contributed by atoms with Crippen molar-refractivity contribution in [3.8, 4) is 0 Å². The fraction of sp³-hybridized carbons (Fsp3) is 0.200. The molecule has 0 radical (unpaired) electrons. The fourth-order valence-corrected chi connectivity index (χ4v) is 1.71. The van der Waals surface area contributed by atoms with E-state index in [-0.39, 0.29) is 0 Å². The average molecular weight is 239 g/mol. The summed E-state index contributed by atoms with van der Waals surface area (Å²) in [4.78, 5) is 2.03. The second kappa shape index (κ2) is 5.45. The first-order chi connectivity index (χ1) is 8.68. The van der Waals surface area contributed by atoms with Crippen molar-refractivity contribution in [2.75, 3.05) is 19.0 Å². The van der Waals surface area contributed by atoms with E-state index in [1.807, 2.05) is 74.4 Å². The van der Waals surface area contributed by atoms with Crippen molar-refractivity contribution in [2.45, 2.75) is 6.92 Å². The lowest BCUT2D eigenvalue weighted by molar-refractivity contribution is 1.11. The normalized spacial score (nSPS) is 10.8. The molecule has 0 N–H and O–H groups in total. The van der Waals surface area contributed by atoms with Crippen LogP contribution in [0.3, 0.4) is 0 Å². The Morgan fingerprint density at radius 1 is 0.778 bits per heavy atom. The molecule has 0 heterocycles. The summed E-state index contributed by atoms with van der Waals surface area (Å²) in [6.45, 7) is 2.03. The van der Waals surface area contributed by atoms with Gasteiger partial charge in [0.15, 0.2) is 0 Å². The number of hydrogen-bond donors (Lipinski definition) is 0. The third-order valence-corrected chi connectivity index (χ3v) is 2.74. The summed E-state index contributed by atoms with van der Waals surface area (Å²) in [6, 6.07) is 16.0. The summed E-state index contributed by atoms with van der Waals surface area (Å²) < 4.78 is 0. The maximum Gasteiger partial charge on any atom is 0.109 e. The van der Waals surface area contributed by atoms with Crippen LogP contribution in [0.2, 0.25) is 0 Å². The highest BCUT2D eigenvalue weighted by Gasteiger charge is 2.02. The topological polar surface area (TPSA) is 28.0 Å². The molecule has 18 heavy (non-hydrogen) atoms. The Hall–Kier alpha value is -2.16. The molecular weight excluding hydrogens is 222 g/mol. The van der Waals surface area contributed by atoms with E-state index in [0.29, 0.717) is 0 Å². The molecule has 0 fully saturated rings. The maximum absolute atomic E-state index is 4.34. The van der Waals surface area contributed by atoms with Crippen LogP contribution in [0, 0.1) is 6.92 Å². The third-order valence-electron chi connectivity index (χ3n) is 2.74. The van der Waals surface area contributed by atoms with E-state index in [4.69, 9.17) is 0 Å². The van der Waals surface area contributed by atoms with Crippen LogP contribution in [0.5, 0.6) is 0 Å². The molecule has 2 aromatic carbocycles. The average Bonchev–Trinajstić information content (AvgIpc) is 2.38. The third kappa shape index (κ3) is 2.74. The summed E-state index contributed by atoms with van der Waals surface area (Å²) in [5.74, 6) is 0. The summed E-state index contributed by atoms with van der Waals surface area (Å²) in [6.07, 6.45) is 0. The number of aryl methyl sites for hydroxylation is 1. The summed E-state index contributed by atoms with van der Waals surface area (Å²) in [5, 5.41) is 8.66. The molecule has 0 unspecified atom stereocenters. The second-order valence-electron chi connectivity index (χ2n) is 4.37. The number of nitrogens with zero attached hydrogens (tertiary/aromatic N) is 3. The number of anilines is 1. The minimum Gasteiger partial charge on any atom is -0.376 e. The van der Waals surface area contributed by atoms with E-state index < -0.39 is 0 Å². The Labute approximate surface area is 108 Å². The zero-order valence-corrected chi connectivity index (χ0v) is 11.0. The van der Waals surface area contributed by atoms with Gasteiger partial charge in [-0.15, -0.1) is 5.11 Å². The van der Waals surface area contributed by atoms with Gasteiger partial charge >= 0.3 is 0 Å². The monoisotopic (exact) mass is 239 g/mol. The first-order valence-electron chi connectivity index (χ1n) is 5.92. The molecule has 2 rings (SSSR count). The number of benzene rings is 2. The molecule has 3 heteroatoms. The summed E-state index contributed by atoms with van der Waals surface area (Å²) in [5.41, 5.74) is 3.98. The lowest BCUT2D eigenvalue weighted by Crippen LogP contribution is -2.08. The minimum absolute atomic E-state index is 0.880. The highest BCUT2D eigenvalue weighted by molar-refractivity contribution is 5.65. The van der Waals surface area contributed by atoms with Crippen LogP contribution in [0.4, 0.5) is 17.1 Å². The van der Waals surface area contributed by atoms with E-state index in [1.54, 1.807) is 0 Å². The van der Waals surface area contributed by atoms with Crippen LogP contribution in [0.25, 0.3) is 0 Å². The molecule has 3 nitrogen and oxygen atoms in total. The molecule has 0 saturated carbocycles. The Balaban J connectivity index is 2.32. The fourth-order valence-electron chi connectivity index (χ4n) is 1.71. The van der Waals surface area contributed by atoms with Gasteiger partial charge in [0.25, 0.3) is 0 Å². The Kier molecular flexibility index (Phi) is 3.72. The highest BCUT2D eigenvalue weighted by Crippen LogP contribution is 2.29. The van der Waals surface area contributed by atoms with Gasteiger partial charge in [-0.2, -0.15) is 5.11 Å². The molecule has 0 bridgehead atoms. The zero-order valence-electron chi connectivity index (χ0n) is 11.0. The van der Waals surface area contributed by atoms with Gasteiger partial charge in [-0.05, 0) is 30.7 Å². The standard InChI is InChI=1S/C15H17N3/c1-12-8-4-5-9-13(12)16-17-14-10-6-7-11-15(14)18(2)3/h4-11H,1-3H3. The quantitative estimate of drug-likeness (QED) is 0.726. The van der Waals surface area contributed by atoms with Crippen molar-refractivity contribution in [2.24, 2.45) is 10.2 Å². The molecule has 2 aromatic rings. The Morgan fingerprint density at radius 3 is 2.00 bits per heavy atom. The van der Waals surface area contributed by atoms with Crippen molar-refractivity contribution in [3.05, 3.63) is 54.1 Å². The maximum atomic E-state index is 4.34. The van der Waals surface area contributed by atoms with Crippen molar-refractivity contribution in [1.29, 1.82) is 0 Å². The van der Waals surface area contributed by atoms with Crippen LogP contribution in [0.15, 0.2) is 58.8 Å². The van der Waals surface area contributed by atoms with Gasteiger partial charge in [0, 0.05) is 14.1 Å². The predicted molar refractivity (Wildman–Crippen MR) is 76.1 cm³/mol. The molecule has 0 saturated heterocycles. The number of hydrogen-bond acceptors (Lipinski definition) is 3. The smallest absolute Gasteiger partial charge is 0.109 e. The van der Waals surface area contributed by atoms with Gasteiger partial charge in [-0.25, -0.2) is 0 Å². The SMILES string of the molecule is Cc1ccccc1N=Nc1ccccc1N(C)C. The lowest BCUT2D eigenvalue weighted by atomic mass is 10.2. The van der Waals surface area contributed by atoms with Crippen LogP contribution in [-0.2, 0) is 0 Å². The first-order valence-corrected chi connectivity index (χ1v) is 5.92. The predicted octanol–water partition coefficient (Wildman–Crippen LogP) is 4.48. The summed E-state index contributed by atoms with van der Waals surface area (Å²) >= 11 is 0. The van der Waals surface area contributed by atoms with E-state index in [9.17, 15) is 0 Å². The lowest BCUT2D eigenvalue weighted by Gasteiger charge is -2.13. The Morgan fingerprint density at radius 2 is 1.33 bits per heavy atom. The van der Waals surface area contributed by atoms with E-state index in [2.05, 4.69) is 10.2 Å². The van der Waals surface area contributed by atoms with Crippen LogP contribution < -0.4 is 4.90 Å². The number of azo groups is 1. The van der Waals surface area contributed by atoms with E-state index in [0.717, 1.165) is 22.6 Å². The van der Waals surface area contributed by atoms with Crippen molar-refractivity contribution in [1.82, 2.24) is 0 Å². The summed E-state index contributed by atoms with van der Waals surface area (Å²) in [7, 11) is 4.00. The van der Waals surface area contributed by atoms with Gasteiger partial charge in [0.1, 0.15) is 5.69 Å². The van der Waals surface area contributed by atoms with Crippen molar-refractivity contribution < 1.29 is 0 Å². The molecular formula is C15H17N3. The van der Waals surface area contributed by atoms with Gasteiger partial charge in [0.2, 0.25) is 0 Å². The van der Waals surface area contributed by atoms with Crippen LogP contribution in [-0.4, -0.2) is 14.1 Å². The zero-order chi connectivity index (χ0) is 13.0. The van der Waals surface area contributed by atoms with E-state index >= 15 is 0 Å². The molecule has 0 aliphatic rings. The van der Waals surface area contributed by atoms with Gasteiger partial charge in [-0.1, -0.05) is 30.3 Å². The first kappa shape index (κ1) is 12.3. The van der Waals surface area contributed by atoms with Crippen LogP contribution in [0.1, 0.15) is 5.56 Å². The molecule has 0 spiro atoms. The van der Waals surface area contributed by atoms with Gasteiger partial charge in [-0.3, -0.25) is 0 Å². The Bertz CT molecular complexity index is 559. The van der Waals surface area contributed by atoms with E-state index in [1.165, 1.54) is 0 Å².